The summed E-state index contributed by atoms with van der Waals surface area (Å²) in [6, 6.07) is 4.12. The second kappa shape index (κ2) is 7.06. The Balaban J connectivity index is 1.78. The molecule has 0 aliphatic carbocycles. The van der Waals surface area contributed by atoms with Crippen LogP contribution in [0.1, 0.15) is 29.6 Å². The molecule has 1 aliphatic heterocycles. The van der Waals surface area contributed by atoms with Gasteiger partial charge in [-0.15, -0.1) is 0 Å². The predicted molar refractivity (Wildman–Crippen MR) is 75.7 cm³/mol. The Labute approximate surface area is 123 Å². The van der Waals surface area contributed by atoms with E-state index in [1.807, 2.05) is 0 Å². The summed E-state index contributed by atoms with van der Waals surface area (Å²) >= 11 is 0. The van der Waals surface area contributed by atoms with Gasteiger partial charge in [0.05, 0.1) is 12.7 Å². The molecule has 6 heteroatoms. The molecule has 1 aromatic rings. The van der Waals surface area contributed by atoms with Crippen molar-refractivity contribution < 1.29 is 18.7 Å². The van der Waals surface area contributed by atoms with Crippen molar-refractivity contribution in [2.75, 3.05) is 26.7 Å². The average Bonchev–Trinajstić information content (AvgIpc) is 2.88. The Morgan fingerprint density at radius 3 is 2.90 bits per heavy atom. The van der Waals surface area contributed by atoms with Crippen molar-refractivity contribution in [3.63, 3.8) is 0 Å². The van der Waals surface area contributed by atoms with E-state index in [1.165, 1.54) is 19.2 Å². The number of rotatable bonds is 6. The summed E-state index contributed by atoms with van der Waals surface area (Å²) in [5.74, 6) is -0.524. The topological polar surface area (TPSA) is 58.6 Å². The van der Waals surface area contributed by atoms with Gasteiger partial charge in [0.1, 0.15) is 11.6 Å². The minimum atomic E-state index is -0.610. The minimum absolute atomic E-state index is 0.00644. The maximum absolute atomic E-state index is 13.7. The number of methoxy groups -OCH3 is 1. The van der Waals surface area contributed by atoms with Crippen molar-refractivity contribution in [2.45, 2.75) is 19.3 Å². The number of carbonyl (C=O) groups excluding carboxylic acids is 2. The highest BCUT2D eigenvalue weighted by molar-refractivity contribution is 5.94. The Bertz CT molecular complexity index is 534. The van der Waals surface area contributed by atoms with Gasteiger partial charge in [0.2, 0.25) is 5.91 Å². The summed E-state index contributed by atoms with van der Waals surface area (Å²) in [7, 11) is 1.44. The summed E-state index contributed by atoms with van der Waals surface area (Å²) in [4.78, 5) is 25.1. The second-order valence-corrected chi connectivity index (χ2v) is 4.94. The number of amides is 2. The summed E-state index contributed by atoms with van der Waals surface area (Å²) in [6.45, 7) is 1.83. The third-order valence-electron chi connectivity index (χ3n) is 3.48. The van der Waals surface area contributed by atoms with Crippen LogP contribution in [-0.4, -0.2) is 43.5 Å². The zero-order chi connectivity index (χ0) is 15.2. The van der Waals surface area contributed by atoms with Crippen molar-refractivity contribution in [3.05, 3.63) is 29.6 Å². The second-order valence-electron chi connectivity index (χ2n) is 4.94. The fourth-order valence-corrected chi connectivity index (χ4v) is 2.31. The number of carbonyl (C=O) groups is 2. The number of likely N-dealkylation sites (tertiary alicyclic amines) is 1. The molecule has 0 saturated carbocycles. The average molecular weight is 294 g/mol. The maximum atomic E-state index is 13.7. The highest BCUT2D eigenvalue weighted by Gasteiger charge is 2.19. The largest absolute Gasteiger partial charge is 0.497 e. The molecule has 0 unspecified atom stereocenters. The zero-order valence-electron chi connectivity index (χ0n) is 12.0. The number of halogens is 1. The molecule has 0 radical (unpaired) electrons. The molecule has 1 aromatic carbocycles. The summed E-state index contributed by atoms with van der Waals surface area (Å²) in [6.07, 6.45) is 2.18. The van der Waals surface area contributed by atoms with Gasteiger partial charge in [-0.25, -0.2) is 4.39 Å². The van der Waals surface area contributed by atoms with Gasteiger partial charge in [-0.3, -0.25) is 9.59 Å². The van der Waals surface area contributed by atoms with Crippen molar-refractivity contribution in [1.82, 2.24) is 10.2 Å². The first kappa shape index (κ1) is 15.3. The van der Waals surface area contributed by atoms with Gasteiger partial charge < -0.3 is 15.0 Å². The summed E-state index contributed by atoms with van der Waals surface area (Å²) in [5.41, 5.74) is -0.00644. The van der Waals surface area contributed by atoms with E-state index in [0.29, 0.717) is 31.7 Å². The third-order valence-corrected chi connectivity index (χ3v) is 3.48. The SMILES string of the molecule is COc1ccc(C(=O)NCCCN2CCCC2=O)c(F)c1. The molecule has 2 amide bonds. The van der Waals surface area contributed by atoms with E-state index in [1.54, 1.807) is 11.0 Å². The number of hydrogen-bond acceptors (Lipinski definition) is 3. The fourth-order valence-electron chi connectivity index (χ4n) is 2.31. The first-order chi connectivity index (χ1) is 10.1. The summed E-state index contributed by atoms with van der Waals surface area (Å²) in [5, 5.41) is 2.66. The smallest absolute Gasteiger partial charge is 0.254 e. The molecule has 1 aliphatic rings. The quantitative estimate of drug-likeness (QED) is 0.810. The lowest BCUT2D eigenvalue weighted by atomic mass is 10.2. The first-order valence-electron chi connectivity index (χ1n) is 7.01. The Morgan fingerprint density at radius 1 is 1.48 bits per heavy atom. The Morgan fingerprint density at radius 2 is 2.29 bits per heavy atom. The van der Waals surface area contributed by atoms with Gasteiger partial charge in [0.25, 0.3) is 5.91 Å². The number of nitrogens with zero attached hydrogens (tertiary/aromatic N) is 1. The molecule has 1 heterocycles. The Kier molecular flexibility index (Phi) is 5.14. The van der Waals surface area contributed by atoms with Gasteiger partial charge in [0, 0.05) is 32.1 Å². The van der Waals surface area contributed by atoms with E-state index in [-0.39, 0.29) is 11.5 Å². The van der Waals surface area contributed by atoms with E-state index < -0.39 is 11.7 Å². The van der Waals surface area contributed by atoms with Crippen LogP contribution in [0, 0.1) is 5.82 Å². The predicted octanol–water partition coefficient (Wildman–Crippen LogP) is 1.58. The van der Waals surface area contributed by atoms with Crippen LogP contribution in [0.3, 0.4) is 0 Å². The molecule has 114 valence electrons. The van der Waals surface area contributed by atoms with Crippen LogP contribution >= 0.6 is 0 Å². The molecule has 0 spiro atoms. The van der Waals surface area contributed by atoms with Gasteiger partial charge >= 0.3 is 0 Å². The number of nitrogens with one attached hydrogen (secondary N) is 1. The third kappa shape index (κ3) is 3.93. The molecule has 5 nitrogen and oxygen atoms in total. The van der Waals surface area contributed by atoms with Crippen molar-refractivity contribution in [3.8, 4) is 5.75 Å². The van der Waals surface area contributed by atoms with E-state index in [0.717, 1.165) is 13.0 Å². The molecule has 0 aromatic heterocycles. The molecule has 0 atom stereocenters. The van der Waals surface area contributed by atoms with Gasteiger partial charge in [-0.2, -0.15) is 0 Å². The standard InChI is InChI=1S/C15H19FN2O3/c1-21-11-5-6-12(13(16)10-11)15(20)17-7-3-9-18-8-2-4-14(18)19/h5-6,10H,2-4,7-9H2,1H3,(H,17,20). The number of hydrogen-bond donors (Lipinski definition) is 1. The van der Waals surface area contributed by atoms with Crippen molar-refractivity contribution in [1.29, 1.82) is 0 Å². The Hall–Kier alpha value is -2.11. The van der Waals surface area contributed by atoms with E-state index in [2.05, 4.69) is 5.32 Å². The monoisotopic (exact) mass is 294 g/mol. The van der Waals surface area contributed by atoms with Crippen LogP contribution in [0.2, 0.25) is 0 Å². The van der Waals surface area contributed by atoms with Crippen LogP contribution in [0.5, 0.6) is 5.75 Å². The molecular formula is C15H19FN2O3. The van der Waals surface area contributed by atoms with Crippen LogP contribution in [-0.2, 0) is 4.79 Å². The molecule has 21 heavy (non-hydrogen) atoms. The van der Waals surface area contributed by atoms with E-state index in [4.69, 9.17) is 4.74 Å². The highest BCUT2D eigenvalue weighted by atomic mass is 19.1. The minimum Gasteiger partial charge on any atom is -0.497 e. The molecule has 1 fully saturated rings. The van der Waals surface area contributed by atoms with Crippen molar-refractivity contribution >= 4 is 11.8 Å². The van der Waals surface area contributed by atoms with Crippen LogP contribution in [0.25, 0.3) is 0 Å². The van der Waals surface area contributed by atoms with Gasteiger partial charge in [-0.1, -0.05) is 0 Å². The van der Waals surface area contributed by atoms with E-state index in [9.17, 15) is 14.0 Å². The van der Waals surface area contributed by atoms with Gasteiger partial charge in [0.15, 0.2) is 0 Å². The van der Waals surface area contributed by atoms with Crippen LogP contribution in [0.4, 0.5) is 4.39 Å². The lowest BCUT2D eigenvalue weighted by molar-refractivity contribution is -0.127. The molecule has 2 rings (SSSR count). The van der Waals surface area contributed by atoms with E-state index >= 15 is 0 Å². The molecule has 0 bridgehead atoms. The highest BCUT2D eigenvalue weighted by Crippen LogP contribution is 2.16. The van der Waals surface area contributed by atoms with Crippen LogP contribution in [0.15, 0.2) is 18.2 Å². The normalized spacial score (nSPS) is 14.4. The fraction of sp³-hybridized carbons (Fsp3) is 0.467. The number of benzene rings is 1. The first-order valence-corrected chi connectivity index (χ1v) is 7.01. The lowest BCUT2D eigenvalue weighted by Crippen LogP contribution is -2.31. The maximum Gasteiger partial charge on any atom is 0.254 e. The lowest BCUT2D eigenvalue weighted by Gasteiger charge is -2.15. The van der Waals surface area contributed by atoms with Gasteiger partial charge in [-0.05, 0) is 25.0 Å². The van der Waals surface area contributed by atoms with Crippen LogP contribution < -0.4 is 10.1 Å². The van der Waals surface area contributed by atoms with Crippen molar-refractivity contribution in [2.24, 2.45) is 0 Å². The zero-order valence-corrected chi connectivity index (χ0v) is 12.0. The molecule has 1 N–H and O–H groups in total. The molecular weight excluding hydrogens is 275 g/mol. The number of ether oxygens (including phenoxy) is 1. The summed E-state index contributed by atoms with van der Waals surface area (Å²) < 4.78 is 18.6. The molecule has 1 saturated heterocycles.